The maximum Gasteiger partial charge on any atom is 0.339 e. The summed E-state index contributed by atoms with van der Waals surface area (Å²) in [7, 11) is -2.22. The van der Waals surface area contributed by atoms with Gasteiger partial charge in [-0.2, -0.15) is 0 Å². The number of methoxy groups -OCH3 is 1. The number of nitrogens with one attached hydrogen (secondary N) is 1. The van der Waals surface area contributed by atoms with Crippen LogP contribution in [-0.2, 0) is 19.4 Å². The Kier molecular flexibility index (Phi) is 7.94. The van der Waals surface area contributed by atoms with Crippen LogP contribution in [0.4, 0.5) is 13.9 Å². The third kappa shape index (κ3) is 6.49. The molecule has 0 radical (unpaired) electrons. The third-order valence-electron chi connectivity index (χ3n) is 5.93. The number of rotatable bonds is 10. The van der Waals surface area contributed by atoms with Crippen molar-refractivity contribution in [2.45, 2.75) is 29.1 Å². The molecule has 1 aliphatic rings. The lowest BCUT2D eigenvalue weighted by Gasteiger charge is -2.19. The second-order valence-corrected chi connectivity index (χ2v) is 12.1. The average molecular weight is 602 g/mol. The van der Waals surface area contributed by atoms with Crippen LogP contribution in [0.2, 0.25) is 0 Å². The van der Waals surface area contributed by atoms with Crippen LogP contribution in [0.15, 0.2) is 71.9 Å². The number of pyridine rings is 1. The van der Waals surface area contributed by atoms with Gasteiger partial charge < -0.3 is 14.2 Å². The van der Waals surface area contributed by atoms with Crippen molar-refractivity contribution >= 4 is 38.2 Å². The smallest absolute Gasteiger partial charge is 0.339 e. The molecule has 5 rings (SSSR count). The minimum atomic E-state index is -3.47. The summed E-state index contributed by atoms with van der Waals surface area (Å²) in [6.45, 7) is 0. The van der Waals surface area contributed by atoms with Gasteiger partial charge in [0.15, 0.2) is 26.5 Å². The molecule has 1 atom stereocenters. The number of sulfone groups is 1. The van der Waals surface area contributed by atoms with E-state index in [2.05, 4.69) is 20.0 Å². The molecular weight excluding hydrogens is 580 g/mol. The van der Waals surface area contributed by atoms with Gasteiger partial charge in [-0.3, -0.25) is 10.1 Å². The number of aromatic nitrogens is 2. The number of ether oxygens (including phenoxy) is 3. The Balaban J connectivity index is 1.34. The van der Waals surface area contributed by atoms with E-state index in [0.717, 1.165) is 23.5 Å². The van der Waals surface area contributed by atoms with E-state index in [-0.39, 0.29) is 37.8 Å². The molecular formula is C27H21F2N3O7S2. The Hall–Kier alpha value is -4.43. The van der Waals surface area contributed by atoms with Gasteiger partial charge in [-0.15, -0.1) is 0 Å². The standard InChI is InChI=1S/C27H21F2N3O7S2/c1-37-26(34)16-4-11-22(30-13-16)39-23-14-31-27(40-23)32-25(33)24(38-21-10-5-17(28)12-20(21)29)15-2-6-18(7-3-15)41(35,36)19-8-9-19/h2-7,10-14,19,24H,8-9H2,1H3,(H,31,32,33). The highest BCUT2D eigenvalue weighted by Gasteiger charge is 2.37. The monoisotopic (exact) mass is 601 g/mol. The number of esters is 1. The van der Waals surface area contributed by atoms with Gasteiger partial charge in [0.05, 0.1) is 29.0 Å². The van der Waals surface area contributed by atoms with Gasteiger partial charge in [-0.25, -0.2) is 32.0 Å². The van der Waals surface area contributed by atoms with Crippen molar-refractivity contribution < 1.29 is 41.0 Å². The molecule has 2 heterocycles. The number of carbonyl (C=O) groups is 2. The van der Waals surface area contributed by atoms with Crippen molar-refractivity contribution in [3.05, 3.63) is 89.8 Å². The first-order chi connectivity index (χ1) is 19.6. The molecule has 1 saturated carbocycles. The largest absolute Gasteiger partial charge is 0.473 e. The Bertz CT molecular complexity index is 1690. The van der Waals surface area contributed by atoms with E-state index < -0.39 is 44.7 Å². The first-order valence-electron chi connectivity index (χ1n) is 12.1. The second-order valence-electron chi connectivity index (χ2n) is 8.84. The summed E-state index contributed by atoms with van der Waals surface area (Å²) in [4.78, 5) is 33.1. The van der Waals surface area contributed by atoms with Gasteiger partial charge >= 0.3 is 5.97 Å². The molecule has 41 heavy (non-hydrogen) atoms. The lowest BCUT2D eigenvalue weighted by molar-refractivity contribution is -0.123. The van der Waals surface area contributed by atoms with E-state index in [1.54, 1.807) is 0 Å². The molecule has 1 fully saturated rings. The van der Waals surface area contributed by atoms with Gasteiger partial charge in [0.2, 0.25) is 17.0 Å². The summed E-state index contributed by atoms with van der Waals surface area (Å²) < 4.78 is 68.9. The van der Waals surface area contributed by atoms with Crippen molar-refractivity contribution in [3.8, 4) is 16.7 Å². The van der Waals surface area contributed by atoms with Crippen LogP contribution < -0.4 is 14.8 Å². The maximum absolute atomic E-state index is 14.4. The molecule has 0 saturated heterocycles. The minimum absolute atomic E-state index is 0.103. The average Bonchev–Trinajstić information content (AvgIpc) is 3.74. The first kappa shape index (κ1) is 28.1. The summed E-state index contributed by atoms with van der Waals surface area (Å²) in [5.74, 6) is -3.38. The maximum atomic E-state index is 14.4. The molecule has 212 valence electrons. The molecule has 0 spiro atoms. The van der Waals surface area contributed by atoms with Crippen molar-refractivity contribution in [3.63, 3.8) is 0 Å². The van der Waals surface area contributed by atoms with E-state index in [0.29, 0.717) is 18.9 Å². The minimum Gasteiger partial charge on any atom is -0.473 e. The fourth-order valence-electron chi connectivity index (χ4n) is 3.69. The first-order valence-corrected chi connectivity index (χ1v) is 14.4. The van der Waals surface area contributed by atoms with Crippen LogP contribution >= 0.6 is 11.3 Å². The normalized spacial score (nSPS) is 13.7. The number of amides is 1. The predicted molar refractivity (Wildman–Crippen MR) is 143 cm³/mol. The van der Waals surface area contributed by atoms with E-state index in [1.165, 1.54) is 55.9 Å². The lowest BCUT2D eigenvalue weighted by Crippen LogP contribution is -2.26. The molecule has 0 bridgehead atoms. The Morgan fingerprint density at radius 2 is 1.78 bits per heavy atom. The van der Waals surface area contributed by atoms with Gasteiger partial charge in [-0.05, 0) is 43.2 Å². The molecule has 10 nitrogen and oxygen atoms in total. The lowest BCUT2D eigenvalue weighted by atomic mass is 10.1. The van der Waals surface area contributed by atoms with Crippen LogP contribution in [0, 0.1) is 11.6 Å². The number of carbonyl (C=O) groups excluding carboxylic acids is 2. The van der Waals surface area contributed by atoms with Gasteiger partial charge in [-0.1, -0.05) is 23.5 Å². The fraction of sp³-hybridized carbons (Fsp3) is 0.185. The van der Waals surface area contributed by atoms with Gasteiger partial charge in [0.1, 0.15) is 5.82 Å². The number of thiazole rings is 1. The Morgan fingerprint density at radius 1 is 1.02 bits per heavy atom. The number of halogens is 2. The van der Waals surface area contributed by atoms with E-state index in [1.807, 2.05) is 0 Å². The van der Waals surface area contributed by atoms with Crippen molar-refractivity contribution in [2.75, 3.05) is 12.4 Å². The third-order valence-corrected chi connectivity index (χ3v) is 9.00. The van der Waals surface area contributed by atoms with Crippen LogP contribution in [-0.4, -0.2) is 42.6 Å². The molecule has 1 amide bonds. The van der Waals surface area contributed by atoms with Crippen LogP contribution in [0.3, 0.4) is 0 Å². The fourth-order valence-corrected chi connectivity index (χ4v) is 6.03. The van der Waals surface area contributed by atoms with Crippen LogP contribution in [0.5, 0.6) is 16.7 Å². The van der Waals surface area contributed by atoms with Crippen LogP contribution in [0.25, 0.3) is 0 Å². The highest BCUT2D eigenvalue weighted by atomic mass is 32.2. The van der Waals surface area contributed by atoms with Crippen molar-refractivity contribution in [1.82, 2.24) is 9.97 Å². The van der Waals surface area contributed by atoms with E-state index >= 15 is 0 Å². The summed E-state index contributed by atoms with van der Waals surface area (Å²) >= 11 is 0.956. The topological polar surface area (TPSA) is 134 Å². The zero-order chi connectivity index (χ0) is 29.1. The zero-order valence-electron chi connectivity index (χ0n) is 21.2. The number of benzene rings is 2. The number of hydrogen-bond donors (Lipinski definition) is 1. The quantitative estimate of drug-likeness (QED) is 0.247. The molecule has 1 unspecified atom stereocenters. The summed E-state index contributed by atoms with van der Waals surface area (Å²) in [5.41, 5.74) is 0.461. The molecule has 4 aromatic rings. The molecule has 2 aromatic carbocycles. The molecule has 2 aromatic heterocycles. The molecule has 0 aliphatic heterocycles. The molecule has 1 aliphatic carbocycles. The summed E-state index contributed by atoms with van der Waals surface area (Å²) in [6.07, 6.45) is 2.35. The van der Waals surface area contributed by atoms with Gasteiger partial charge in [0.25, 0.3) is 5.91 Å². The molecule has 14 heteroatoms. The Labute approximate surface area is 236 Å². The highest BCUT2D eigenvalue weighted by molar-refractivity contribution is 7.92. The second kappa shape index (κ2) is 11.6. The molecule has 1 N–H and O–H groups in total. The Morgan fingerprint density at radius 3 is 2.41 bits per heavy atom. The highest BCUT2D eigenvalue weighted by Crippen LogP contribution is 2.35. The summed E-state index contributed by atoms with van der Waals surface area (Å²) in [5, 5.41) is 2.52. The van der Waals surface area contributed by atoms with Crippen molar-refractivity contribution in [1.29, 1.82) is 0 Å². The summed E-state index contributed by atoms with van der Waals surface area (Å²) in [6, 6.07) is 11.1. The SMILES string of the molecule is COC(=O)c1ccc(Oc2cnc(NC(=O)C(Oc3ccc(F)cc3F)c3ccc(S(=O)(=O)C4CC4)cc3)s2)nc1. The predicted octanol–water partition coefficient (Wildman–Crippen LogP) is 5.09. The van der Waals surface area contributed by atoms with Crippen LogP contribution in [0.1, 0.15) is 34.9 Å². The number of anilines is 1. The number of nitrogens with zero attached hydrogens (tertiary/aromatic N) is 2. The van der Waals surface area contributed by atoms with E-state index in [4.69, 9.17) is 9.47 Å². The number of hydrogen-bond acceptors (Lipinski definition) is 10. The van der Waals surface area contributed by atoms with Crippen molar-refractivity contribution in [2.24, 2.45) is 0 Å². The van der Waals surface area contributed by atoms with E-state index in [9.17, 15) is 26.8 Å². The zero-order valence-corrected chi connectivity index (χ0v) is 22.9. The van der Waals surface area contributed by atoms with Gasteiger partial charge in [0, 0.05) is 23.9 Å².